The first-order valence-corrected chi connectivity index (χ1v) is 6.17. The molecule has 0 unspecified atom stereocenters. The van der Waals surface area contributed by atoms with Crippen LogP contribution in [0.4, 0.5) is 0 Å². The zero-order chi connectivity index (χ0) is 13.2. The monoisotopic (exact) mass is 241 g/mol. The quantitative estimate of drug-likeness (QED) is 0.773. The summed E-state index contributed by atoms with van der Waals surface area (Å²) in [7, 11) is 0. The summed E-state index contributed by atoms with van der Waals surface area (Å²) in [4.78, 5) is 4.54. The Labute approximate surface area is 109 Å². The van der Waals surface area contributed by atoms with Gasteiger partial charge in [-0.3, -0.25) is 0 Å². The Hall–Kier alpha value is -1.83. The van der Waals surface area contributed by atoms with Gasteiger partial charge in [0.1, 0.15) is 5.75 Å². The van der Waals surface area contributed by atoms with Crippen molar-refractivity contribution in [1.29, 1.82) is 0 Å². The van der Waals surface area contributed by atoms with Crippen molar-refractivity contribution in [2.24, 2.45) is 0 Å². The van der Waals surface area contributed by atoms with Gasteiger partial charge in [-0.1, -0.05) is 44.5 Å². The van der Waals surface area contributed by atoms with Gasteiger partial charge in [0.15, 0.2) is 0 Å². The molecule has 0 saturated carbocycles. The maximum absolute atomic E-state index is 5.76. The van der Waals surface area contributed by atoms with Crippen molar-refractivity contribution in [3.05, 3.63) is 53.7 Å². The van der Waals surface area contributed by atoms with Gasteiger partial charge in [-0.15, -0.1) is 0 Å². The molecule has 2 heteroatoms. The third-order valence-corrected chi connectivity index (χ3v) is 2.74. The summed E-state index contributed by atoms with van der Waals surface area (Å²) < 4.78 is 5.76. The summed E-state index contributed by atoms with van der Waals surface area (Å²) in [6.45, 7) is 8.49. The summed E-state index contributed by atoms with van der Waals surface area (Å²) in [5, 5.41) is 0. The zero-order valence-corrected chi connectivity index (χ0v) is 11.4. The predicted molar refractivity (Wildman–Crippen MR) is 74.2 cm³/mol. The van der Waals surface area contributed by atoms with Gasteiger partial charge in [0.05, 0.1) is 0 Å². The molecule has 0 spiro atoms. The Morgan fingerprint density at radius 2 is 1.61 bits per heavy atom. The van der Waals surface area contributed by atoms with Crippen molar-refractivity contribution in [1.82, 2.24) is 4.98 Å². The normalized spacial score (nSPS) is 11.3. The van der Waals surface area contributed by atoms with E-state index in [1.807, 2.05) is 42.5 Å². The van der Waals surface area contributed by atoms with Gasteiger partial charge < -0.3 is 4.74 Å². The standard InChI is InChI=1S/C16H19NO/c1-12-8-10-13(11-9-12)18-15-7-5-6-14(17-15)16(2,3)4/h5-11H,1-4H3. The molecule has 0 aliphatic carbocycles. The van der Waals surface area contributed by atoms with Crippen molar-refractivity contribution in [3.8, 4) is 11.6 Å². The lowest BCUT2D eigenvalue weighted by Gasteiger charge is -2.18. The Kier molecular flexibility index (Phi) is 3.37. The fraction of sp³-hybridized carbons (Fsp3) is 0.312. The van der Waals surface area contributed by atoms with Gasteiger partial charge >= 0.3 is 0 Å². The number of benzene rings is 1. The van der Waals surface area contributed by atoms with Crippen LogP contribution in [0.5, 0.6) is 11.6 Å². The first kappa shape index (κ1) is 12.6. The maximum atomic E-state index is 5.76. The van der Waals surface area contributed by atoms with Gasteiger partial charge in [0, 0.05) is 17.2 Å². The van der Waals surface area contributed by atoms with E-state index < -0.39 is 0 Å². The predicted octanol–water partition coefficient (Wildman–Crippen LogP) is 4.48. The average molecular weight is 241 g/mol. The van der Waals surface area contributed by atoms with Crippen LogP contribution in [0.25, 0.3) is 0 Å². The number of hydrogen-bond acceptors (Lipinski definition) is 2. The Morgan fingerprint density at radius 3 is 2.22 bits per heavy atom. The molecule has 0 radical (unpaired) electrons. The van der Waals surface area contributed by atoms with Crippen molar-refractivity contribution >= 4 is 0 Å². The van der Waals surface area contributed by atoms with Crippen LogP contribution in [-0.2, 0) is 5.41 Å². The molecule has 2 nitrogen and oxygen atoms in total. The van der Waals surface area contributed by atoms with Gasteiger partial charge in [0.25, 0.3) is 0 Å². The van der Waals surface area contributed by atoms with E-state index in [4.69, 9.17) is 4.74 Å². The van der Waals surface area contributed by atoms with Crippen molar-refractivity contribution in [3.63, 3.8) is 0 Å². The third kappa shape index (κ3) is 3.10. The summed E-state index contributed by atoms with van der Waals surface area (Å²) >= 11 is 0. The minimum Gasteiger partial charge on any atom is -0.439 e. The molecule has 1 heterocycles. The number of nitrogens with zero attached hydrogens (tertiary/aromatic N) is 1. The summed E-state index contributed by atoms with van der Waals surface area (Å²) in [6.07, 6.45) is 0. The minimum atomic E-state index is 0.0344. The molecule has 0 fully saturated rings. The Morgan fingerprint density at radius 1 is 0.944 bits per heavy atom. The molecule has 1 aromatic carbocycles. The van der Waals surface area contributed by atoms with Crippen molar-refractivity contribution < 1.29 is 4.74 Å². The minimum absolute atomic E-state index is 0.0344. The summed E-state index contributed by atoms with van der Waals surface area (Å²) in [5.41, 5.74) is 2.29. The van der Waals surface area contributed by atoms with E-state index in [0.29, 0.717) is 5.88 Å². The molecule has 0 saturated heterocycles. The lowest BCUT2D eigenvalue weighted by atomic mass is 9.92. The van der Waals surface area contributed by atoms with E-state index in [1.54, 1.807) is 0 Å². The van der Waals surface area contributed by atoms with Crippen LogP contribution in [0.1, 0.15) is 32.0 Å². The SMILES string of the molecule is Cc1ccc(Oc2cccc(C(C)(C)C)n2)cc1. The van der Waals surface area contributed by atoms with E-state index in [1.165, 1.54) is 5.56 Å². The molecule has 2 rings (SSSR count). The highest BCUT2D eigenvalue weighted by Crippen LogP contribution is 2.24. The summed E-state index contributed by atoms with van der Waals surface area (Å²) in [6, 6.07) is 13.9. The molecular weight excluding hydrogens is 222 g/mol. The van der Waals surface area contributed by atoms with Gasteiger partial charge in [-0.2, -0.15) is 0 Å². The van der Waals surface area contributed by atoms with Crippen LogP contribution in [0.2, 0.25) is 0 Å². The second-order valence-electron chi connectivity index (χ2n) is 5.53. The average Bonchev–Trinajstić information content (AvgIpc) is 2.31. The molecule has 0 atom stereocenters. The highest BCUT2D eigenvalue weighted by Gasteiger charge is 2.15. The molecule has 94 valence electrons. The largest absolute Gasteiger partial charge is 0.439 e. The highest BCUT2D eigenvalue weighted by atomic mass is 16.5. The lowest BCUT2D eigenvalue weighted by molar-refractivity contribution is 0.452. The molecule has 2 aromatic rings. The van der Waals surface area contributed by atoms with Crippen LogP contribution < -0.4 is 4.74 Å². The van der Waals surface area contributed by atoms with Gasteiger partial charge in [-0.05, 0) is 25.1 Å². The van der Waals surface area contributed by atoms with E-state index >= 15 is 0 Å². The number of aromatic nitrogens is 1. The maximum Gasteiger partial charge on any atom is 0.219 e. The number of ether oxygens (including phenoxy) is 1. The van der Waals surface area contributed by atoms with Gasteiger partial charge in [-0.25, -0.2) is 4.98 Å². The molecular formula is C16H19NO. The first-order valence-electron chi connectivity index (χ1n) is 6.17. The molecule has 0 N–H and O–H groups in total. The van der Waals surface area contributed by atoms with E-state index in [2.05, 4.69) is 32.7 Å². The lowest BCUT2D eigenvalue weighted by Crippen LogP contribution is -2.13. The number of pyridine rings is 1. The second kappa shape index (κ2) is 4.81. The van der Waals surface area contributed by atoms with E-state index in [9.17, 15) is 0 Å². The van der Waals surface area contributed by atoms with Crippen LogP contribution in [-0.4, -0.2) is 4.98 Å². The van der Waals surface area contributed by atoms with E-state index in [-0.39, 0.29) is 5.41 Å². The molecule has 0 aliphatic heterocycles. The smallest absolute Gasteiger partial charge is 0.219 e. The number of hydrogen-bond donors (Lipinski definition) is 0. The molecule has 18 heavy (non-hydrogen) atoms. The van der Waals surface area contributed by atoms with Crippen molar-refractivity contribution in [2.75, 3.05) is 0 Å². The molecule has 1 aromatic heterocycles. The fourth-order valence-corrected chi connectivity index (χ4v) is 1.62. The van der Waals surface area contributed by atoms with Crippen LogP contribution in [0.15, 0.2) is 42.5 Å². The highest BCUT2D eigenvalue weighted by molar-refractivity contribution is 5.30. The number of rotatable bonds is 2. The summed E-state index contributed by atoms with van der Waals surface area (Å²) in [5.74, 6) is 1.46. The van der Waals surface area contributed by atoms with Crippen molar-refractivity contribution in [2.45, 2.75) is 33.1 Å². The topological polar surface area (TPSA) is 22.1 Å². The zero-order valence-electron chi connectivity index (χ0n) is 11.4. The first-order chi connectivity index (χ1) is 8.45. The van der Waals surface area contributed by atoms with Crippen LogP contribution in [0, 0.1) is 6.92 Å². The van der Waals surface area contributed by atoms with E-state index in [0.717, 1.165) is 11.4 Å². The fourth-order valence-electron chi connectivity index (χ4n) is 1.62. The Bertz CT molecular complexity index is 524. The third-order valence-electron chi connectivity index (χ3n) is 2.74. The van der Waals surface area contributed by atoms with Crippen LogP contribution >= 0.6 is 0 Å². The van der Waals surface area contributed by atoms with Crippen LogP contribution in [0.3, 0.4) is 0 Å². The number of aryl methyl sites for hydroxylation is 1. The molecule has 0 aliphatic rings. The Balaban J connectivity index is 2.22. The molecule has 0 amide bonds. The molecule has 0 bridgehead atoms. The second-order valence-corrected chi connectivity index (χ2v) is 5.53. The van der Waals surface area contributed by atoms with Gasteiger partial charge in [0.2, 0.25) is 5.88 Å².